The highest BCUT2D eigenvalue weighted by atomic mass is 28.3. The van der Waals surface area contributed by atoms with E-state index in [0.717, 1.165) is 28.3 Å². The summed E-state index contributed by atoms with van der Waals surface area (Å²) in [5, 5.41) is 0. The van der Waals surface area contributed by atoms with Crippen molar-refractivity contribution in [1.29, 1.82) is 0 Å². The molecule has 0 saturated carbocycles. The Bertz CT molecular complexity index is 1690. The van der Waals surface area contributed by atoms with E-state index in [4.69, 9.17) is 33.2 Å². The van der Waals surface area contributed by atoms with Gasteiger partial charge in [0.2, 0.25) is 0 Å². The van der Waals surface area contributed by atoms with Crippen LogP contribution in [0.4, 0.5) is 0 Å². The molecule has 0 aromatic heterocycles. The number of carbonyl (C=O) groups excluding carboxylic acids is 2. The van der Waals surface area contributed by atoms with Crippen molar-refractivity contribution in [2.45, 2.75) is 109 Å². The summed E-state index contributed by atoms with van der Waals surface area (Å²) in [4.78, 5) is 25.6. The van der Waals surface area contributed by atoms with Gasteiger partial charge in [-0.2, -0.15) is 0 Å². The Hall–Kier alpha value is -4.00. The Labute approximate surface area is 327 Å². The van der Waals surface area contributed by atoms with Gasteiger partial charge in [-0.3, -0.25) is 4.79 Å². The second-order valence-corrected chi connectivity index (χ2v) is 20.8. The summed E-state index contributed by atoms with van der Waals surface area (Å²) < 4.78 is 46.3. The highest BCUT2D eigenvalue weighted by molar-refractivity contribution is 6.76. The zero-order valence-electron chi connectivity index (χ0n) is 32.5. The Morgan fingerprint density at radius 3 is 1.62 bits per heavy atom. The molecular weight excluding hydrogens is 713 g/mol. The van der Waals surface area contributed by atoms with Gasteiger partial charge in [0.1, 0.15) is 30.2 Å². The quantitative estimate of drug-likeness (QED) is 0.0578. The second-order valence-electron chi connectivity index (χ2n) is 15.2. The third-order valence-corrected chi connectivity index (χ3v) is 11.0. The molecule has 0 bridgehead atoms. The summed E-state index contributed by atoms with van der Waals surface area (Å²) in [7, 11) is -1.51. The van der Waals surface area contributed by atoms with E-state index in [-0.39, 0.29) is 45.1 Å². The molecule has 0 radical (unpaired) electrons. The van der Waals surface area contributed by atoms with Gasteiger partial charge in [-0.25, -0.2) is 0 Å². The molecule has 10 heteroatoms. The summed E-state index contributed by atoms with van der Waals surface area (Å²) in [6.45, 7) is 9.96. The van der Waals surface area contributed by atoms with Crippen molar-refractivity contribution in [3.8, 4) is 0 Å². The number of benzene rings is 4. The molecule has 0 amide bonds. The van der Waals surface area contributed by atoms with Gasteiger partial charge in [0.05, 0.1) is 39.5 Å². The van der Waals surface area contributed by atoms with Crippen molar-refractivity contribution in [1.82, 2.24) is 0 Å². The molecule has 55 heavy (non-hydrogen) atoms. The standard InChI is InChI=1S/C45H56O9Si/c1-34(46)25-26-40(47)53-43-42(51-31-37-21-13-7-14-22-37)41(39(50-30-36-19-11-6-12-20-36)33-48-29-35-17-9-5-10-18-35)54-45(49-27-28-55(2,3)4)44(43)52-32-38-23-15-8-16-24-38/h5-24,39,41-45H,25-33H2,1-4H3/t39-,41+,42+,43-,44-,45-/m0/s1. The topological polar surface area (TPSA) is 98.8 Å². The SMILES string of the molecule is CC(=O)CCC(=O)O[C@H]1[C@H](OCc2ccccc2)[C@@H]([C@H](COCc2ccccc2)OCc2ccccc2)O[C@H](OCC[Si](C)(C)C)[C@H]1OCc1ccccc1. The molecule has 5 rings (SSSR count). The molecule has 0 unspecified atom stereocenters. The lowest BCUT2D eigenvalue weighted by atomic mass is 9.94. The molecule has 4 aromatic rings. The smallest absolute Gasteiger partial charge is 0.306 e. The molecule has 0 spiro atoms. The van der Waals surface area contributed by atoms with E-state index in [1.54, 1.807) is 0 Å². The van der Waals surface area contributed by atoms with Crippen LogP contribution in [0.2, 0.25) is 25.7 Å². The molecule has 294 valence electrons. The van der Waals surface area contributed by atoms with Crippen molar-refractivity contribution in [3.63, 3.8) is 0 Å². The van der Waals surface area contributed by atoms with Gasteiger partial charge in [0.25, 0.3) is 0 Å². The Morgan fingerprint density at radius 1 is 0.618 bits per heavy atom. The predicted octanol–water partition coefficient (Wildman–Crippen LogP) is 8.32. The van der Waals surface area contributed by atoms with Crippen LogP contribution in [0.25, 0.3) is 0 Å². The molecule has 1 saturated heterocycles. The lowest BCUT2D eigenvalue weighted by Crippen LogP contribution is -2.64. The molecular formula is C45H56O9Si. The van der Waals surface area contributed by atoms with Crippen LogP contribution < -0.4 is 0 Å². The zero-order valence-corrected chi connectivity index (χ0v) is 33.5. The van der Waals surface area contributed by atoms with E-state index in [2.05, 4.69) is 19.6 Å². The molecule has 0 N–H and O–H groups in total. The number of carbonyl (C=O) groups is 2. The highest BCUT2D eigenvalue weighted by Crippen LogP contribution is 2.34. The third kappa shape index (κ3) is 14.5. The molecule has 6 atom stereocenters. The summed E-state index contributed by atoms with van der Waals surface area (Å²) in [5.41, 5.74) is 3.87. The van der Waals surface area contributed by atoms with E-state index in [1.165, 1.54) is 6.92 Å². The van der Waals surface area contributed by atoms with Gasteiger partial charge in [-0.15, -0.1) is 0 Å². The summed E-state index contributed by atoms with van der Waals surface area (Å²) >= 11 is 0. The second kappa shape index (κ2) is 21.9. The first-order chi connectivity index (χ1) is 26.6. The summed E-state index contributed by atoms with van der Waals surface area (Å²) in [6, 6.07) is 40.3. The van der Waals surface area contributed by atoms with Gasteiger partial charge in [-0.05, 0) is 35.2 Å². The maximum absolute atomic E-state index is 13.6. The van der Waals surface area contributed by atoms with Gasteiger partial charge in [-0.1, -0.05) is 141 Å². The average Bonchev–Trinajstić information content (AvgIpc) is 3.18. The van der Waals surface area contributed by atoms with Crippen molar-refractivity contribution in [2.75, 3.05) is 13.2 Å². The fraction of sp³-hybridized carbons (Fsp3) is 0.422. The van der Waals surface area contributed by atoms with Crippen LogP contribution >= 0.6 is 0 Å². The monoisotopic (exact) mass is 768 g/mol. The van der Waals surface area contributed by atoms with Crippen LogP contribution in [-0.2, 0) is 69.2 Å². The van der Waals surface area contributed by atoms with E-state index < -0.39 is 50.9 Å². The highest BCUT2D eigenvalue weighted by Gasteiger charge is 2.53. The van der Waals surface area contributed by atoms with E-state index >= 15 is 0 Å². The molecule has 0 aliphatic carbocycles. The summed E-state index contributed by atoms with van der Waals surface area (Å²) in [5.74, 6) is -0.640. The van der Waals surface area contributed by atoms with Crippen molar-refractivity contribution >= 4 is 19.8 Å². The Kier molecular flexibility index (Phi) is 16.8. The molecule has 1 fully saturated rings. The number of rotatable bonds is 22. The fourth-order valence-electron chi connectivity index (χ4n) is 6.15. The number of hydrogen-bond donors (Lipinski definition) is 0. The summed E-state index contributed by atoms with van der Waals surface area (Å²) in [6.07, 6.45) is -5.20. The first-order valence-corrected chi connectivity index (χ1v) is 22.9. The maximum atomic E-state index is 13.6. The lowest BCUT2D eigenvalue weighted by molar-refractivity contribution is -0.332. The van der Waals surface area contributed by atoms with Gasteiger partial charge in [0.15, 0.2) is 12.4 Å². The normalized spacial score (nSPS) is 20.5. The predicted molar refractivity (Wildman–Crippen MR) is 214 cm³/mol. The van der Waals surface area contributed by atoms with E-state index in [9.17, 15) is 9.59 Å². The molecule has 1 heterocycles. The van der Waals surface area contributed by atoms with E-state index in [0.29, 0.717) is 13.2 Å². The van der Waals surface area contributed by atoms with Crippen molar-refractivity contribution < 1.29 is 42.7 Å². The number of Topliss-reactive ketones (excluding diaryl/α,β-unsaturated/α-hetero) is 1. The Morgan fingerprint density at radius 2 is 1.11 bits per heavy atom. The van der Waals surface area contributed by atoms with Crippen molar-refractivity contribution in [2.24, 2.45) is 0 Å². The minimum Gasteiger partial charge on any atom is -0.456 e. The largest absolute Gasteiger partial charge is 0.456 e. The van der Waals surface area contributed by atoms with Crippen LogP contribution in [0.15, 0.2) is 121 Å². The van der Waals surface area contributed by atoms with Crippen LogP contribution in [-0.4, -0.2) is 69.9 Å². The van der Waals surface area contributed by atoms with Crippen LogP contribution in [0.5, 0.6) is 0 Å². The van der Waals surface area contributed by atoms with Crippen LogP contribution in [0, 0.1) is 0 Å². The van der Waals surface area contributed by atoms with Gasteiger partial charge in [0, 0.05) is 21.1 Å². The Balaban J connectivity index is 1.53. The van der Waals surface area contributed by atoms with Crippen molar-refractivity contribution in [3.05, 3.63) is 144 Å². The average molecular weight is 769 g/mol. The minimum atomic E-state index is -1.51. The first kappa shape index (κ1) is 42.1. The van der Waals surface area contributed by atoms with Gasteiger partial charge >= 0.3 is 5.97 Å². The fourth-order valence-corrected chi connectivity index (χ4v) is 6.89. The van der Waals surface area contributed by atoms with Gasteiger partial charge < -0.3 is 38.0 Å². The third-order valence-electron chi connectivity index (χ3n) is 9.25. The molecule has 1 aliphatic rings. The van der Waals surface area contributed by atoms with Crippen LogP contribution in [0.3, 0.4) is 0 Å². The number of ether oxygens (including phenoxy) is 7. The first-order valence-electron chi connectivity index (χ1n) is 19.2. The van der Waals surface area contributed by atoms with E-state index in [1.807, 2.05) is 121 Å². The lowest BCUT2D eigenvalue weighted by Gasteiger charge is -2.47. The number of hydrogen-bond acceptors (Lipinski definition) is 9. The minimum absolute atomic E-state index is 0.0584. The number of esters is 1. The zero-order chi connectivity index (χ0) is 38.9. The molecule has 9 nitrogen and oxygen atoms in total. The molecule has 1 aliphatic heterocycles. The van der Waals surface area contributed by atoms with Crippen LogP contribution in [0.1, 0.15) is 42.0 Å². The molecule has 4 aromatic carbocycles. The maximum Gasteiger partial charge on any atom is 0.306 e. The number of ketones is 1.